The number of methoxy groups -OCH3 is 1. The molecule has 0 aliphatic carbocycles. The lowest BCUT2D eigenvalue weighted by atomic mass is 10.1. The molecule has 16 heavy (non-hydrogen) atoms. The Bertz CT molecular complexity index is 381. The van der Waals surface area contributed by atoms with E-state index >= 15 is 0 Å². The van der Waals surface area contributed by atoms with Crippen LogP contribution < -0.4 is 0 Å². The van der Waals surface area contributed by atoms with Crippen molar-refractivity contribution >= 4 is 5.91 Å². The second-order valence-electron chi connectivity index (χ2n) is 3.42. The summed E-state index contributed by atoms with van der Waals surface area (Å²) in [5, 5.41) is 0. The van der Waals surface area contributed by atoms with E-state index in [-0.39, 0.29) is 12.5 Å². The van der Waals surface area contributed by atoms with Gasteiger partial charge in [-0.1, -0.05) is 36.3 Å². The Labute approximate surface area is 96.0 Å². The summed E-state index contributed by atoms with van der Waals surface area (Å²) in [5.41, 5.74) is 0.832. The Hall–Kier alpha value is -1.79. The van der Waals surface area contributed by atoms with Crippen LogP contribution in [-0.2, 0) is 9.53 Å². The number of amides is 1. The van der Waals surface area contributed by atoms with Gasteiger partial charge in [-0.25, -0.2) is 0 Å². The Morgan fingerprint density at radius 2 is 2.12 bits per heavy atom. The molecule has 0 aliphatic rings. The average Bonchev–Trinajstić information content (AvgIpc) is 2.31. The number of carbonyl (C=O) groups is 1. The standard InChI is InChI=1S/C13H15NO2/c1-4-10-14(2)13(15)12(16-3)11-8-6-5-7-9-11/h1,5-9,12H,10H2,2-3H3. The molecule has 1 rings (SSSR count). The fraction of sp³-hybridized carbons (Fsp3) is 0.308. The molecular weight excluding hydrogens is 202 g/mol. The highest BCUT2D eigenvalue weighted by Crippen LogP contribution is 2.18. The lowest BCUT2D eigenvalue weighted by molar-refractivity contribution is -0.140. The molecular formula is C13H15NO2. The van der Waals surface area contributed by atoms with Crippen molar-refractivity contribution in [2.75, 3.05) is 20.7 Å². The molecule has 3 nitrogen and oxygen atoms in total. The highest BCUT2D eigenvalue weighted by atomic mass is 16.5. The zero-order valence-corrected chi connectivity index (χ0v) is 9.51. The Morgan fingerprint density at radius 3 is 2.62 bits per heavy atom. The van der Waals surface area contributed by atoms with Crippen LogP contribution in [0.1, 0.15) is 11.7 Å². The number of terminal acetylenes is 1. The molecule has 0 radical (unpaired) electrons. The van der Waals surface area contributed by atoms with E-state index in [0.717, 1.165) is 5.56 Å². The summed E-state index contributed by atoms with van der Waals surface area (Å²) in [6.07, 6.45) is 4.58. The Morgan fingerprint density at radius 1 is 1.50 bits per heavy atom. The van der Waals surface area contributed by atoms with Crippen LogP contribution in [0.25, 0.3) is 0 Å². The summed E-state index contributed by atoms with van der Waals surface area (Å²) >= 11 is 0. The fourth-order valence-corrected chi connectivity index (χ4v) is 1.42. The van der Waals surface area contributed by atoms with Gasteiger partial charge in [0, 0.05) is 14.2 Å². The highest BCUT2D eigenvalue weighted by molar-refractivity contribution is 5.82. The van der Waals surface area contributed by atoms with Crippen LogP contribution in [0.5, 0.6) is 0 Å². The topological polar surface area (TPSA) is 29.5 Å². The second-order valence-corrected chi connectivity index (χ2v) is 3.42. The van der Waals surface area contributed by atoms with Crippen molar-refractivity contribution in [2.24, 2.45) is 0 Å². The maximum atomic E-state index is 12.0. The van der Waals surface area contributed by atoms with Crippen LogP contribution in [0, 0.1) is 12.3 Å². The highest BCUT2D eigenvalue weighted by Gasteiger charge is 2.22. The third-order valence-corrected chi connectivity index (χ3v) is 2.27. The first-order chi connectivity index (χ1) is 7.70. The number of benzene rings is 1. The maximum Gasteiger partial charge on any atom is 0.256 e. The van der Waals surface area contributed by atoms with Gasteiger partial charge in [-0.15, -0.1) is 6.42 Å². The maximum absolute atomic E-state index is 12.0. The van der Waals surface area contributed by atoms with Gasteiger partial charge in [0.05, 0.1) is 6.54 Å². The van der Waals surface area contributed by atoms with Crippen molar-refractivity contribution in [1.82, 2.24) is 4.90 Å². The van der Waals surface area contributed by atoms with Gasteiger partial charge in [0.2, 0.25) is 0 Å². The van der Waals surface area contributed by atoms with E-state index in [0.29, 0.717) is 0 Å². The van der Waals surface area contributed by atoms with Crippen LogP contribution >= 0.6 is 0 Å². The first-order valence-corrected chi connectivity index (χ1v) is 4.97. The molecule has 1 amide bonds. The quantitative estimate of drug-likeness (QED) is 0.715. The molecule has 0 spiro atoms. The Balaban J connectivity index is 2.84. The number of ether oxygens (including phenoxy) is 1. The van der Waals surface area contributed by atoms with Crippen LogP contribution in [0.15, 0.2) is 30.3 Å². The van der Waals surface area contributed by atoms with Crippen molar-refractivity contribution in [3.05, 3.63) is 35.9 Å². The first-order valence-electron chi connectivity index (χ1n) is 4.97. The van der Waals surface area contributed by atoms with E-state index in [1.807, 2.05) is 30.3 Å². The molecule has 0 saturated heterocycles. The minimum absolute atomic E-state index is 0.133. The van der Waals surface area contributed by atoms with E-state index in [2.05, 4.69) is 5.92 Å². The van der Waals surface area contributed by atoms with E-state index in [1.54, 1.807) is 7.05 Å². The van der Waals surface area contributed by atoms with Gasteiger partial charge in [0.15, 0.2) is 6.10 Å². The lowest BCUT2D eigenvalue weighted by Crippen LogP contribution is -2.32. The zero-order chi connectivity index (χ0) is 12.0. The van der Waals surface area contributed by atoms with Crippen molar-refractivity contribution in [2.45, 2.75) is 6.10 Å². The minimum atomic E-state index is -0.584. The largest absolute Gasteiger partial charge is 0.367 e. The molecule has 3 heteroatoms. The lowest BCUT2D eigenvalue weighted by Gasteiger charge is -2.21. The number of likely N-dealkylation sites (N-methyl/N-ethyl adjacent to an activating group) is 1. The SMILES string of the molecule is C#CCN(C)C(=O)C(OC)c1ccccc1. The summed E-state index contributed by atoms with van der Waals surface area (Å²) in [4.78, 5) is 13.4. The zero-order valence-electron chi connectivity index (χ0n) is 9.51. The van der Waals surface area contributed by atoms with E-state index in [9.17, 15) is 4.79 Å². The van der Waals surface area contributed by atoms with Crippen LogP contribution in [0.2, 0.25) is 0 Å². The summed E-state index contributed by atoms with van der Waals surface area (Å²) in [7, 11) is 3.18. The molecule has 1 aromatic rings. The van der Waals surface area contributed by atoms with Crippen LogP contribution in [0.3, 0.4) is 0 Å². The molecule has 0 saturated carbocycles. The van der Waals surface area contributed by atoms with Crippen molar-refractivity contribution in [1.29, 1.82) is 0 Å². The molecule has 0 aromatic heterocycles. The van der Waals surface area contributed by atoms with Crippen LogP contribution in [0.4, 0.5) is 0 Å². The smallest absolute Gasteiger partial charge is 0.256 e. The molecule has 0 bridgehead atoms. The number of rotatable bonds is 4. The summed E-state index contributed by atoms with van der Waals surface area (Å²) in [5.74, 6) is 2.30. The van der Waals surface area contributed by atoms with Gasteiger partial charge in [-0.3, -0.25) is 4.79 Å². The molecule has 0 fully saturated rings. The van der Waals surface area contributed by atoms with Crippen molar-refractivity contribution < 1.29 is 9.53 Å². The van der Waals surface area contributed by atoms with Crippen LogP contribution in [-0.4, -0.2) is 31.5 Å². The van der Waals surface area contributed by atoms with E-state index in [4.69, 9.17) is 11.2 Å². The normalized spacial score (nSPS) is 11.6. The Kier molecular flexibility index (Phi) is 4.56. The van der Waals surface area contributed by atoms with Gasteiger partial charge < -0.3 is 9.64 Å². The number of nitrogens with zero attached hydrogens (tertiary/aromatic N) is 1. The number of hydrogen-bond acceptors (Lipinski definition) is 2. The molecule has 0 aliphatic heterocycles. The molecule has 1 unspecified atom stereocenters. The van der Waals surface area contributed by atoms with E-state index in [1.165, 1.54) is 12.0 Å². The number of hydrogen-bond donors (Lipinski definition) is 0. The summed E-state index contributed by atoms with van der Waals surface area (Å²) in [6.45, 7) is 0.283. The molecule has 84 valence electrons. The van der Waals surface area contributed by atoms with Gasteiger partial charge >= 0.3 is 0 Å². The predicted octanol–water partition coefficient (Wildman–Crippen LogP) is 1.47. The fourth-order valence-electron chi connectivity index (χ4n) is 1.42. The molecule has 0 N–H and O–H groups in total. The third kappa shape index (κ3) is 2.85. The predicted molar refractivity (Wildman–Crippen MR) is 62.7 cm³/mol. The van der Waals surface area contributed by atoms with Crippen molar-refractivity contribution in [3.8, 4) is 12.3 Å². The minimum Gasteiger partial charge on any atom is -0.367 e. The van der Waals surface area contributed by atoms with Gasteiger partial charge in [-0.05, 0) is 5.56 Å². The second kappa shape index (κ2) is 5.94. The van der Waals surface area contributed by atoms with E-state index < -0.39 is 6.10 Å². The third-order valence-electron chi connectivity index (χ3n) is 2.27. The average molecular weight is 217 g/mol. The van der Waals surface area contributed by atoms with Gasteiger partial charge in [0.1, 0.15) is 0 Å². The van der Waals surface area contributed by atoms with Gasteiger partial charge in [-0.2, -0.15) is 0 Å². The molecule has 1 atom stereocenters. The molecule has 0 heterocycles. The summed E-state index contributed by atoms with van der Waals surface area (Å²) in [6, 6.07) is 9.35. The monoisotopic (exact) mass is 217 g/mol. The number of carbonyl (C=O) groups excluding carboxylic acids is 1. The van der Waals surface area contributed by atoms with Crippen molar-refractivity contribution in [3.63, 3.8) is 0 Å². The molecule has 1 aromatic carbocycles. The summed E-state index contributed by atoms with van der Waals surface area (Å²) < 4.78 is 5.21. The first kappa shape index (κ1) is 12.3. The van der Waals surface area contributed by atoms with Gasteiger partial charge in [0.25, 0.3) is 5.91 Å².